The van der Waals surface area contributed by atoms with Gasteiger partial charge in [-0.25, -0.2) is 0 Å². The first-order valence-corrected chi connectivity index (χ1v) is 9.11. The van der Waals surface area contributed by atoms with Crippen LogP contribution in [0, 0.1) is 0 Å². The summed E-state index contributed by atoms with van der Waals surface area (Å²) < 4.78 is 0. The molecule has 0 saturated carbocycles. The van der Waals surface area contributed by atoms with Gasteiger partial charge in [0.2, 0.25) is 0 Å². The Morgan fingerprint density at radius 3 is 1.64 bits per heavy atom. The molecule has 126 valence electrons. The topological polar surface area (TPSA) is 37.4 Å². The Kier molecular flexibility index (Phi) is 8.44. The fraction of sp³-hybridized carbons (Fsp3) is 0.789. The van der Waals surface area contributed by atoms with E-state index in [0.29, 0.717) is 0 Å². The molecule has 0 aromatic heterocycles. The van der Waals surface area contributed by atoms with Gasteiger partial charge in [0.15, 0.2) is 0 Å². The van der Waals surface area contributed by atoms with Gasteiger partial charge in [-0.1, -0.05) is 71.6 Å². The Balaban J connectivity index is 2.59. The number of nitrogens with zero attached hydrogens (tertiary/aromatic N) is 1. The molecule has 3 heteroatoms. The van der Waals surface area contributed by atoms with Crippen LogP contribution in [0.3, 0.4) is 0 Å². The van der Waals surface area contributed by atoms with Crippen molar-refractivity contribution in [2.75, 3.05) is 0 Å². The molecule has 1 unspecified atom stereocenters. The van der Waals surface area contributed by atoms with Crippen molar-refractivity contribution < 1.29 is 9.59 Å². The van der Waals surface area contributed by atoms with E-state index in [2.05, 4.69) is 20.8 Å². The number of rotatable bonds is 12. The Hall–Kier alpha value is -1.12. The van der Waals surface area contributed by atoms with Gasteiger partial charge in [0.05, 0.1) is 0 Å². The molecular formula is C19H33NO2. The zero-order valence-corrected chi connectivity index (χ0v) is 14.7. The second-order valence-corrected chi connectivity index (χ2v) is 6.82. The summed E-state index contributed by atoms with van der Waals surface area (Å²) in [4.78, 5) is 25.7. The van der Waals surface area contributed by atoms with Gasteiger partial charge in [0.1, 0.15) is 0 Å². The van der Waals surface area contributed by atoms with Crippen molar-refractivity contribution in [3.63, 3.8) is 0 Å². The van der Waals surface area contributed by atoms with Crippen molar-refractivity contribution in [2.24, 2.45) is 0 Å². The first kappa shape index (κ1) is 18.9. The highest BCUT2D eigenvalue weighted by molar-refractivity contribution is 6.13. The van der Waals surface area contributed by atoms with E-state index in [-0.39, 0.29) is 17.4 Å². The van der Waals surface area contributed by atoms with Gasteiger partial charge >= 0.3 is 0 Å². The normalized spacial score (nSPS) is 17.3. The largest absolute Gasteiger partial charge is 0.269 e. The summed E-state index contributed by atoms with van der Waals surface area (Å²) in [6, 6.07) is 0. The van der Waals surface area contributed by atoms with Crippen LogP contribution >= 0.6 is 0 Å². The zero-order chi connectivity index (χ0) is 16.4. The molecule has 0 aromatic rings. The molecule has 2 amide bonds. The lowest BCUT2D eigenvalue weighted by molar-refractivity contribution is -0.144. The number of imide groups is 1. The highest BCUT2D eigenvalue weighted by atomic mass is 16.2. The Morgan fingerprint density at radius 2 is 1.18 bits per heavy atom. The van der Waals surface area contributed by atoms with Crippen LogP contribution in [0.15, 0.2) is 12.2 Å². The maximum atomic E-state index is 12.1. The molecule has 1 rings (SSSR count). The van der Waals surface area contributed by atoms with Crippen LogP contribution in [0.2, 0.25) is 0 Å². The third-order valence-corrected chi connectivity index (χ3v) is 4.74. The summed E-state index contributed by atoms with van der Waals surface area (Å²) in [5, 5.41) is 0. The van der Waals surface area contributed by atoms with E-state index in [1.54, 1.807) is 0 Å². The standard InChI is InChI=1S/C19H33NO2/c1-4-6-8-10-12-16-19(3,15-11-9-7-5-2)20-17(21)13-14-18(20)22/h13-14H,4-12,15-16H2,1-3H3. The lowest BCUT2D eigenvalue weighted by Gasteiger charge is -2.38. The third-order valence-electron chi connectivity index (χ3n) is 4.74. The van der Waals surface area contributed by atoms with E-state index in [1.807, 2.05) is 0 Å². The van der Waals surface area contributed by atoms with Crippen LogP contribution < -0.4 is 0 Å². The minimum atomic E-state index is -0.308. The lowest BCUT2D eigenvalue weighted by Crippen LogP contribution is -2.49. The van der Waals surface area contributed by atoms with Crippen LogP contribution in [0.5, 0.6) is 0 Å². The Bertz CT molecular complexity index is 371. The number of hydrogen-bond donors (Lipinski definition) is 0. The van der Waals surface area contributed by atoms with Gasteiger partial charge in [-0.05, 0) is 19.8 Å². The van der Waals surface area contributed by atoms with E-state index >= 15 is 0 Å². The SMILES string of the molecule is CCCCCCCC(C)(CCCCCC)N1C(=O)C=CC1=O. The quantitative estimate of drug-likeness (QED) is 0.376. The predicted molar refractivity (Wildman–Crippen MR) is 91.5 cm³/mol. The average Bonchev–Trinajstić information content (AvgIpc) is 2.83. The summed E-state index contributed by atoms with van der Waals surface area (Å²) in [6.07, 6.45) is 15.5. The second kappa shape index (κ2) is 9.81. The molecule has 3 nitrogen and oxygen atoms in total. The van der Waals surface area contributed by atoms with Crippen molar-refractivity contribution in [1.82, 2.24) is 4.90 Å². The van der Waals surface area contributed by atoms with Crippen molar-refractivity contribution >= 4 is 11.8 Å². The van der Waals surface area contributed by atoms with Crippen molar-refractivity contribution in [3.05, 3.63) is 12.2 Å². The molecule has 22 heavy (non-hydrogen) atoms. The first-order chi connectivity index (χ1) is 10.5. The van der Waals surface area contributed by atoms with E-state index < -0.39 is 0 Å². The van der Waals surface area contributed by atoms with Gasteiger partial charge < -0.3 is 0 Å². The minimum Gasteiger partial charge on any atom is -0.269 e. The molecular weight excluding hydrogens is 274 g/mol. The van der Waals surface area contributed by atoms with E-state index in [0.717, 1.165) is 25.7 Å². The highest BCUT2D eigenvalue weighted by Gasteiger charge is 2.39. The number of hydrogen-bond acceptors (Lipinski definition) is 2. The summed E-state index contributed by atoms with van der Waals surface area (Å²) in [7, 11) is 0. The van der Waals surface area contributed by atoms with Gasteiger partial charge in [0, 0.05) is 17.7 Å². The lowest BCUT2D eigenvalue weighted by atomic mass is 9.86. The monoisotopic (exact) mass is 307 g/mol. The first-order valence-electron chi connectivity index (χ1n) is 9.11. The molecule has 1 aliphatic rings. The molecule has 0 aliphatic carbocycles. The molecule has 0 N–H and O–H groups in total. The molecule has 0 radical (unpaired) electrons. The van der Waals surface area contributed by atoms with Crippen molar-refractivity contribution in [2.45, 2.75) is 96.9 Å². The average molecular weight is 307 g/mol. The zero-order valence-electron chi connectivity index (χ0n) is 14.7. The number of carbonyl (C=O) groups excluding carboxylic acids is 2. The molecule has 1 atom stereocenters. The fourth-order valence-electron chi connectivity index (χ4n) is 3.32. The van der Waals surface area contributed by atoms with Crippen molar-refractivity contribution in [1.29, 1.82) is 0 Å². The van der Waals surface area contributed by atoms with E-state index in [4.69, 9.17) is 0 Å². The molecule has 0 fully saturated rings. The number of unbranched alkanes of at least 4 members (excludes halogenated alkanes) is 7. The highest BCUT2D eigenvalue weighted by Crippen LogP contribution is 2.31. The minimum absolute atomic E-state index is 0.128. The second-order valence-electron chi connectivity index (χ2n) is 6.82. The maximum absolute atomic E-state index is 12.1. The van der Waals surface area contributed by atoms with Crippen LogP contribution in [-0.4, -0.2) is 22.3 Å². The molecule has 0 saturated heterocycles. The third kappa shape index (κ3) is 5.58. The van der Waals surface area contributed by atoms with Gasteiger partial charge in [-0.3, -0.25) is 14.5 Å². The summed E-state index contributed by atoms with van der Waals surface area (Å²) in [6.45, 7) is 6.51. The molecule has 0 bridgehead atoms. The summed E-state index contributed by atoms with van der Waals surface area (Å²) in [5.41, 5.74) is -0.308. The van der Waals surface area contributed by atoms with E-state index in [9.17, 15) is 9.59 Å². The van der Waals surface area contributed by atoms with Crippen LogP contribution in [-0.2, 0) is 9.59 Å². The van der Waals surface area contributed by atoms with Crippen LogP contribution in [0.25, 0.3) is 0 Å². The summed E-state index contributed by atoms with van der Waals surface area (Å²) in [5.74, 6) is -0.256. The maximum Gasteiger partial charge on any atom is 0.254 e. The number of amides is 2. The Labute approximate surface area is 136 Å². The molecule has 0 aromatic carbocycles. The molecule has 1 aliphatic heterocycles. The van der Waals surface area contributed by atoms with Crippen LogP contribution in [0.1, 0.15) is 91.4 Å². The Morgan fingerprint density at radius 1 is 0.773 bits per heavy atom. The predicted octanol–water partition coefficient (Wildman–Crippen LogP) is 5.00. The van der Waals surface area contributed by atoms with E-state index in [1.165, 1.54) is 62.0 Å². The number of carbonyl (C=O) groups is 2. The van der Waals surface area contributed by atoms with Gasteiger partial charge in [-0.2, -0.15) is 0 Å². The molecule has 1 heterocycles. The smallest absolute Gasteiger partial charge is 0.254 e. The van der Waals surface area contributed by atoms with Gasteiger partial charge in [0.25, 0.3) is 11.8 Å². The molecule has 0 spiro atoms. The fourth-order valence-corrected chi connectivity index (χ4v) is 3.32. The van der Waals surface area contributed by atoms with Gasteiger partial charge in [-0.15, -0.1) is 0 Å². The summed E-state index contributed by atoms with van der Waals surface area (Å²) >= 11 is 0. The van der Waals surface area contributed by atoms with Crippen molar-refractivity contribution in [3.8, 4) is 0 Å². The van der Waals surface area contributed by atoms with Crippen LogP contribution in [0.4, 0.5) is 0 Å².